The molecule has 2 heterocycles. The topological polar surface area (TPSA) is 93.2 Å². The second-order valence-corrected chi connectivity index (χ2v) is 5.62. The average Bonchev–Trinajstić information content (AvgIpc) is 3.07. The summed E-state index contributed by atoms with van der Waals surface area (Å²) in [6, 6.07) is 14.1. The Labute approximate surface area is 142 Å². The van der Waals surface area contributed by atoms with Gasteiger partial charge in [-0.3, -0.25) is 9.36 Å². The van der Waals surface area contributed by atoms with Crippen molar-refractivity contribution in [2.75, 3.05) is 0 Å². The predicted molar refractivity (Wildman–Crippen MR) is 88.8 cm³/mol. The molecule has 1 atom stereocenters. The molecule has 0 radical (unpaired) electrons. The largest absolute Gasteiger partial charge is 0.493 e. The first-order valence-electron chi connectivity index (χ1n) is 7.62. The van der Waals surface area contributed by atoms with Crippen molar-refractivity contribution in [1.29, 1.82) is 0 Å². The van der Waals surface area contributed by atoms with Crippen LogP contribution in [0.25, 0.3) is 10.9 Å². The van der Waals surface area contributed by atoms with Crippen molar-refractivity contribution in [2.45, 2.75) is 13.2 Å². The fraction of sp³-hybridized carbons (Fsp3) is 0.111. The number of azo groups is 1. The van der Waals surface area contributed by atoms with Crippen LogP contribution in [0.2, 0.25) is 0 Å². The van der Waals surface area contributed by atoms with Crippen LogP contribution in [0.15, 0.2) is 58.8 Å². The van der Waals surface area contributed by atoms with Crippen molar-refractivity contribution in [3.8, 4) is 5.88 Å². The number of hydrogen-bond acceptors (Lipinski definition) is 5. The lowest BCUT2D eigenvalue weighted by molar-refractivity contribution is -0.116. The van der Waals surface area contributed by atoms with Gasteiger partial charge in [0.05, 0.1) is 11.1 Å². The van der Waals surface area contributed by atoms with Crippen molar-refractivity contribution in [1.82, 2.24) is 4.57 Å². The molecule has 1 aliphatic heterocycles. The molecule has 3 aromatic rings. The molecule has 0 saturated carbocycles. The van der Waals surface area contributed by atoms with E-state index in [1.54, 1.807) is 48.5 Å². The van der Waals surface area contributed by atoms with Crippen LogP contribution in [0.4, 0.5) is 5.69 Å². The fourth-order valence-corrected chi connectivity index (χ4v) is 3.01. The van der Waals surface area contributed by atoms with Gasteiger partial charge in [0.2, 0.25) is 12.1 Å². The van der Waals surface area contributed by atoms with Crippen molar-refractivity contribution in [3.05, 3.63) is 59.7 Å². The van der Waals surface area contributed by atoms with Crippen molar-refractivity contribution in [2.24, 2.45) is 10.2 Å². The average molecular weight is 335 g/mol. The Morgan fingerprint density at radius 2 is 1.88 bits per heavy atom. The lowest BCUT2D eigenvalue weighted by Gasteiger charge is -2.15. The summed E-state index contributed by atoms with van der Waals surface area (Å²) in [6.07, 6.45) is -0.810. The van der Waals surface area contributed by atoms with Crippen LogP contribution >= 0.6 is 0 Å². The highest BCUT2D eigenvalue weighted by molar-refractivity contribution is 5.97. The van der Waals surface area contributed by atoms with E-state index in [9.17, 15) is 14.7 Å². The molecule has 1 amide bonds. The molecular weight excluding hydrogens is 322 g/mol. The van der Waals surface area contributed by atoms with Crippen LogP contribution in [0.1, 0.15) is 29.1 Å². The number of carbonyl (C=O) groups is 2. The summed E-state index contributed by atoms with van der Waals surface area (Å²) >= 11 is 0. The number of esters is 1. The molecule has 7 heteroatoms. The number of rotatable bonds is 2. The number of aromatic nitrogens is 1. The van der Waals surface area contributed by atoms with Crippen LogP contribution in [0, 0.1) is 0 Å². The summed E-state index contributed by atoms with van der Waals surface area (Å²) in [6.45, 7) is 1.27. The lowest BCUT2D eigenvalue weighted by Crippen LogP contribution is -2.09. The summed E-state index contributed by atoms with van der Waals surface area (Å²) in [4.78, 5) is 23.2. The van der Waals surface area contributed by atoms with Crippen molar-refractivity contribution < 1.29 is 19.4 Å². The van der Waals surface area contributed by atoms with E-state index < -0.39 is 18.1 Å². The van der Waals surface area contributed by atoms with Gasteiger partial charge in [0.25, 0.3) is 5.91 Å². The molecule has 1 aromatic heterocycles. The van der Waals surface area contributed by atoms with Gasteiger partial charge in [-0.25, -0.2) is 4.79 Å². The van der Waals surface area contributed by atoms with Gasteiger partial charge in [-0.15, -0.1) is 10.2 Å². The van der Waals surface area contributed by atoms with E-state index in [2.05, 4.69) is 10.2 Å². The lowest BCUT2D eigenvalue weighted by atomic mass is 10.1. The molecule has 4 rings (SSSR count). The second kappa shape index (κ2) is 5.55. The number of hydrogen-bond donors (Lipinski definition) is 1. The minimum Gasteiger partial charge on any atom is -0.493 e. The molecular formula is C18H13N3O4. The molecule has 25 heavy (non-hydrogen) atoms. The zero-order valence-corrected chi connectivity index (χ0v) is 13.2. The molecule has 0 unspecified atom stereocenters. The highest BCUT2D eigenvalue weighted by Crippen LogP contribution is 2.44. The van der Waals surface area contributed by atoms with E-state index in [1.807, 2.05) is 0 Å². The van der Waals surface area contributed by atoms with Crippen LogP contribution in [0.5, 0.6) is 5.88 Å². The molecule has 1 aliphatic rings. The third-order valence-electron chi connectivity index (χ3n) is 4.05. The zero-order chi connectivity index (χ0) is 17.6. The SMILES string of the molecule is CC(=O)N=Nc1c(O)n([C@H]2OC(=O)c3ccccc32)c2ccccc12. The molecule has 0 bridgehead atoms. The molecule has 7 nitrogen and oxygen atoms in total. The Balaban J connectivity index is 1.96. The monoisotopic (exact) mass is 335 g/mol. The maximum Gasteiger partial charge on any atom is 0.340 e. The van der Waals surface area contributed by atoms with Gasteiger partial charge in [-0.05, 0) is 12.1 Å². The molecule has 0 aliphatic carbocycles. The number of aromatic hydroxyl groups is 1. The number of para-hydroxylation sites is 1. The first-order chi connectivity index (χ1) is 12.1. The summed E-state index contributed by atoms with van der Waals surface area (Å²) in [5.41, 5.74) is 1.88. The third kappa shape index (κ3) is 2.28. The summed E-state index contributed by atoms with van der Waals surface area (Å²) in [7, 11) is 0. The van der Waals surface area contributed by atoms with Gasteiger partial charge < -0.3 is 9.84 Å². The molecule has 0 fully saturated rings. The molecule has 0 saturated heterocycles. The first-order valence-corrected chi connectivity index (χ1v) is 7.62. The molecule has 2 aromatic carbocycles. The fourth-order valence-electron chi connectivity index (χ4n) is 3.01. The number of amides is 1. The number of nitrogens with zero attached hydrogens (tertiary/aromatic N) is 3. The van der Waals surface area contributed by atoms with Gasteiger partial charge in [-0.2, -0.15) is 0 Å². The van der Waals surface area contributed by atoms with Crippen LogP contribution < -0.4 is 0 Å². The first kappa shape index (κ1) is 15.1. The highest BCUT2D eigenvalue weighted by atomic mass is 16.6. The standard InChI is InChI=1S/C18H13N3O4/c1-10(22)19-20-15-13-8-4-5-9-14(13)21(16(15)23)17-11-6-2-3-7-12(11)18(24)25-17/h2-9,17,23H,1H3/t17-/m0/s1. The molecule has 1 N–H and O–H groups in total. The highest BCUT2D eigenvalue weighted by Gasteiger charge is 2.35. The van der Waals surface area contributed by atoms with E-state index in [4.69, 9.17) is 4.74 Å². The quantitative estimate of drug-likeness (QED) is 0.571. The molecule has 124 valence electrons. The third-order valence-corrected chi connectivity index (χ3v) is 4.05. The minimum atomic E-state index is -0.810. The predicted octanol–water partition coefficient (Wildman–Crippen LogP) is 3.69. The van der Waals surface area contributed by atoms with E-state index in [0.717, 1.165) is 0 Å². The number of benzene rings is 2. The number of ether oxygens (including phenoxy) is 1. The van der Waals surface area contributed by atoms with Crippen LogP contribution in [0.3, 0.4) is 0 Å². The second-order valence-electron chi connectivity index (χ2n) is 5.62. The Hall–Kier alpha value is -3.48. The number of fused-ring (bicyclic) bond motifs is 2. The normalized spacial score (nSPS) is 16.4. The molecule has 0 spiro atoms. The maximum atomic E-state index is 12.1. The maximum absolute atomic E-state index is 12.1. The Morgan fingerprint density at radius 3 is 2.68 bits per heavy atom. The minimum absolute atomic E-state index is 0.159. The summed E-state index contributed by atoms with van der Waals surface area (Å²) in [5.74, 6) is -1.15. The van der Waals surface area contributed by atoms with Crippen LogP contribution in [-0.4, -0.2) is 21.6 Å². The zero-order valence-electron chi connectivity index (χ0n) is 13.2. The Kier molecular flexibility index (Phi) is 3.35. The summed E-state index contributed by atoms with van der Waals surface area (Å²) in [5, 5.41) is 18.7. The van der Waals surface area contributed by atoms with Gasteiger partial charge in [-0.1, -0.05) is 36.4 Å². The van der Waals surface area contributed by atoms with Gasteiger partial charge in [0.1, 0.15) is 0 Å². The summed E-state index contributed by atoms with van der Waals surface area (Å²) < 4.78 is 6.95. The van der Waals surface area contributed by atoms with E-state index in [-0.39, 0.29) is 11.6 Å². The van der Waals surface area contributed by atoms with Crippen LogP contribution in [-0.2, 0) is 9.53 Å². The van der Waals surface area contributed by atoms with Crippen molar-refractivity contribution in [3.63, 3.8) is 0 Å². The van der Waals surface area contributed by atoms with Gasteiger partial charge in [0.15, 0.2) is 5.69 Å². The van der Waals surface area contributed by atoms with Crippen molar-refractivity contribution >= 4 is 28.5 Å². The Morgan fingerprint density at radius 1 is 1.16 bits per heavy atom. The van der Waals surface area contributed by atoms with E-state index >= 15 is 0 Å². The van der Waals surface area contributed by atoms with Gasteiger partial charge in [0, 0.05) is 17.9 Å². The number of carbonyl (C=O) groups excluding carboxylic acids is 2. The Bertz CT molecular complexity index is 1050. The van der Waals surface area contributed by atoms with E-state index in [1.165, 1.54) is 11.5 Å². The number of cyclic esters (lactones) is 1. The van der Waals surface area contributed by atoms with E-state index in [0.29, 0.717) is 22.0 Å². The smallest absolute Gasteiger partial charge is 0.340 e. The van der Waals surface area contributed by atoms with Gasteiger partial charge >= 0.3 is 5.97 Å².